The van der Waals surface area contributed by atoms with E-state index in [1.165, 1.54) is 0 Å². The number of hydrogen-bond donors (Lipinski definition) is 0. The van der Waals surface area contributed by atoms with Crippen LogP contribution in [0.4, 0.5) is 0 Å². The molecule has 1 atom stereocenters. The summed E-state index contributed by atoms with van der Waals surface area (Å²) in [5.74, 6) is -0.943. The summed E-state index contributed by atoms with van der Waals surface area (Å²) in [5, 5.41) is 0. The summed E-state index contributed by atoms with van der Waals surface area (Å²) in [6.07, 6.45) is 5.38. The Balaban J connectivity index is 2.52. The highest BCUT2D eigenvalue weighted by Crippen LogP contribution is 2.38. The van der Waals surface area contributed by atoms with Gasteiger partial charge in [0.25, 0.3) is 10.1 Å². The van der Waals surface area contributed by atoms with Crippen molar-refractivity contribution in [3.05, 3.63) is 0 Å². The average Bonchev–Trinajstić information content (AvgIpc) is 2.70. The fraction of sp³-hybridized carbons (Fsp3) is 0.917. The fourth-order valence-electron chi connectivity index (χ4n) is 3.99. The molecule has 9 heteroatoms. The summed E-state index contributed by atoms with van der Waals surface area (Å²) in [6.45, 7) is 8.21. The Bertz CT molecular complexity index is 736. The van der Waals surface area contributed by atoms with Crippen molar-refractivity contribution in [3.8, 4) is 0 Å². The average molecular weight is 493 g/mol. The summed E-state index contributed by atoms with van der Waals surface area (Å²) in [7, 11) is 2.44. The molecule has 0 aromatic heterocycles. The number of quaternary nitrogens is 1. The van der Waals surface area contributed by atoms with Gasteiger partial charge in [-0.2, -0.15) is 8.42 Å². The maximum atomic E-state index is 12.8. The van der Waals surface area contributed by atoms with Crippen molar-refractivity contribution in [2.45, 2.75) is 85.2 Å². The van der Waals surface area contributed by atoms with Gasteiger partial charge in [-0.1, -0.05) is 26.2 Å². The minimum Gasteiger partial charge on any atom is -0.465 e. The molecule has 0 saturated heterocycles. The van der Waals surface area contributed by atoms with Crippen LogP contribution >= 0.6 is 0 Å². The molecule has 1 saturated carbocycles. The molecule has 0 spiro atoms. The Morgan fingerprint density at radius 3 is 2.06 bits per heavy atom. The van der Waals surface area contributed by atoms with E-state index in [2.05, 4.69) is 0 Å². The third kappa shape index (κ3) is 11.2. The van der Waals surface area contributed by atoms with E-state index in [0.717, 1.165) is 32.1 Å². The lowest BCUT2D eigenvalue weighted by atomic mass is 9.72. The van der Waals surface area contributed by atoms with E-state index in [9.17, 15) is 18.0 Å². The van der Waals surface area contributed by atoms with Gasteiger partial charge in [0.2, 0.25) is 0 Å². The highest BCUT2D eigenvalue weighted by Gasteiger charge is 2.43. The summed E-state index contributed by atoms with van der Waals surface area (Å²) in [6, 6.07) is 0. The van der Waals surface area contributed by atoms with Gasteiger partial charge in [0.15, 0.2) is 0 Å². The molecule has 1 rings (SSSR count). The van der Waals surface area contributed by atoms with Crippen LogP contribution in [-0.4, -0.2) is 77.6 Å². The van der Waals surface area contributed by atoms with E-state index < -0.39 is 26.9 Å². The normalized spacial score (nSPS) is 17.9. The molecule has 33 heavy (non-hydrogen) atoms. The molecular formula is C24H46NO7S+. The van der Waals surface area contributed by atoms with Crippen molar-refractivity contribution in [3.63, 3.8) is 0 Å². The number of carbonyl (C=O) groups is 2. The maximum absolute atomic E-state index is 12.8. The van der Waals surface area contributed by atoms with E-state index >= 15 is 0 Å². The third-order valence-corrected chi connectivity index (χ3v) is 7.61. The second-order valence-electron chi connectivity index (χ2n) is 11.2. The molecule has 1 aliphatic rings. The van der Waals surface area contributed by atoms with Crippen molar-refractivity contribution in [2.75, 3.05) is 46.7 Å². The Morgan fingerprint density at radius 1 is 0.939 bits per heavy atom. The summed E-state index contributed by atoms with van der Waals surface area (Å²) in [4.78, 5) is 25.5. The zero-order chi connectivity index (χ0) is 25.3. The molecule has 0 heterocycles. The van der Waals surface area contributed by atoms with Crippen molar-refractivity contribution in [1.82, 2.24) is 0 Å². The lowest BCUT2D eigenvalue weighted by molar-refractivity contribution is -0.870. The minimum atomic E-state index is -3.63. The first-order chi connectivity index (χ1) is 15.1. The quantitative estimate of drug-likeness (QED) is 0.158. The van der Waals surface area contributed by atoms with Gasteiger partial charge in [0, 0.05) is 0 Å². The standard InChI is InChI=1S/C24H46NO7S/c1-8-24(4,19-23(2,3)21(26)31-17-15-25(5,6)7)22(27)30-16-12-18-33(28,29)32-20-13-10-9-11-14-20/h20H,8-19H2,1-7H3/q+1. The number of nitrogens with zero attached hydrogens (tertiary/aromatic N) is 1. The number of rotatable bonds is 14. The molecule has 1 aliphatic carbocycles. The number of likely N-dealkylation sites (N-methyl/N-ethyl adjacent to an activating group) is 1. The number of hydrogen-bond acceptors (Lipinski definition) is 7. The molecule has 1 fully saturated rings. The van der Waals surface area contributed by atoms with Crippen LogP contribution in [0.2, 0.25) is 0 Å². The van der Waals surface area contributed by atoms with Gasteiger partial charge in [-0.3, -0.25) is 13.8 Å². The van der Waals surface area contributed by atoms with Gasteiger partial charge in [-0.05, 0) is 52.9 Å². The van der Waals surface area contributed by atoms with E-state index in [0.29, 0.717) is 24.1 Å². The predicted molar refractivity (Wildman–Crippen MR) is 128 cm³/mol. The van der Waals surface area contributed by atoms with E-state index in [4.69, 9.17) is 13.7 Å². The first-order valence-corrected chi connectivity index (χ1v) is 13.7. The summed E-state index contributed by atoms with van der Waals surface area (Å²) < 4.78 is 41.3. The maximum Gasteiger partial charge on any atom is 0.311 e. The molecule has 0 radical (unpaired) electrons. The van der Waals surface area contributed by atoms with Gasteiger partial charge in [0.1, 0.15) is 13.2 Å². The Kier molecular flexibility index (Phi) is 11.3. The van der Waals surface area contributed by atoms with Crippen LogP contribution in [0.3, 0.4) is 0 Å². The van der Waals surface area contributed by atoms with Crippen LogP contribution in [0.25, 0.3) is 0 Å². The summed E-state index contributed by atoms with van der Waals surface area (Å²) in [5.41, 5.74) is -1.73. The van der Waals surface area contributed by atoms with E-state index in [1.807, 2.05) is 28.1 Å². The van der Waals surface area contributed by atoms with Gasteiger partial charge >= 0.3 is 11.9 Å². The van der Waals surface area contributed by atoms with Crippen LogP contribution in [0.1, 0.15) is 79.1 Å². The molecule has 0 aromatic carbocycles. The van der Waals surface area contributed by atoms with Gasteiger partial charge in [0.05, 0.1) is 50.4 Å². The van der Waals surface area contributed by atoms with Crippen molar-refractivity contribution < 1.29 is 36.1 Å². The fourth-order valence-corrected chi connectivity index (χ4v) is 5.16. The minimum absolute atomic E-state index is 0.00391. The molecular weight excluding hydrogens is 446 g/mol. The Morgan fingerprint density at radius 2 is 1.52 bits per heavy atom. The molecule has 8 nitrogen and oxygen atoms in total. The zero-order valence-corrected chi connectivity index (χ0v) is 22.6. The van der Waals surface area contributed by atoms with Crippen LogP contribution in [0.15, 0.2) is 0 Å². The Hall–Kier alpha value is -1.19. The largest absolute Gasteiger partial charge is 0.465 e. The molecule has 0 N–H and O–H groups in total. The third-order valence-electron chi connectivity index (χ3n) is 6.26. The molecule has 0 amide bonds. The monoisotopic (exact) mass is 492 g/mol. The van der Waals surface area contributed by atoms with E-state index in [-0.39, 0.29) is 37.3 Å². The molecule has 0 aliphatic heterocycles. The number of carbonyl (C=O) groups excluding carboxylic acids is 2. The Labute approximate surface area is 201 Å². The van der Waals surface area contributed by atoms with Crippen LogP contribution < -0.4 is 0 Å². The molecule has 0 aromatic rings. The number of ether oxygens (including phenoxy) is 2. The predicted octanol–water partition coefficient (Wildman–Crippen LogP) is 3.68. The lowest BCUT2D eigenvalue weighted by Crippen LogP contribution is -2.41. The summed E-state index contributed by atoms with van der Waals surface area (Å²) >= 11 is 0. The molecule has 194 valence electrons. The van der Waals surface area contributed by atoms with Crippen molar-refractivity contribution in [2.24, 2.45) is 10.8 Å². The van der Waals surface area contributed by atoms with E-state index in [1.54, 1.807) is 20.8 Å². The second-order valence-corrected chi connectivity index (χ2v) is 12.9. The molecule has 1 unspecified atom stereocenters. The van der Waals surface area contributed by atoms with Crippen molar-refractivity contribution >= 4 is 22.1 Å². The first-order valence-electron chi connectivity index (χ1n) is 12.2. The van der Waals surface area contributed by atoms with Gasteiger partial charge in [-0.25, -0.2) is 0 Å². The first kappa shape index (κ1) is 29.8. The number of esters is 2. The highest BCUT2D eigenvalue weighted by molar-refractivity contribution is 7.86. The highest BCUT2D eigenvalue weighted by atomic mass is 32.2. The molecule has 0 bridgehead atoms. The van der Waals surface area contributed by atoms with Gasteiger partial charge in [-0.15, -0.1) is 0 Å². The SMILES string of the molecule is CCC(C)(CC(C)(C)C(=O)OCC[N+](C)(C)C)C(=O)OCCCS(=O)(=O)OC1CCCCC1. The lowest BCUT2D eigenvalue weighted by Gasteiger charge is -2.34. The van der Waals surface area contributed by atoms with Crippen LogP contribution in [-0.2, 0) is 33.4 Å². The van der Waals surface area contributed by atoms with Crippen LogP contribution in [0.5, 0.6) is 0 Å². The second kappa shape index (κ2) is 12.5. The van der Waals surface area contributed by atoms with Gasteiger partial charge < -0.3 is 14.0 Å². The topological polar surface area (TPSA) is 96.0 Å². The van der Waals surface area contributed by atoms with Crippen LogP contribution in [0, 0.1) is 10.8 Å². The smallest absolute Gasteiger partial charge is 0.311 e. The zero-order valence-electron chi connectivity index (χ0n) is 21.8. The van der Waals surface area contributed by atoms with Crippen molar-refractivity contribution in [1.29, 1.82) is 0 Å².